The van der Waals surface area contributed by atoms with Crippen LogP contribution < -0.4 is 0 Å². The third-order valence-corrected chi connectivity index (χ3v) is 2.89. The highest BCUT2D eigenvalue weighted by Gasteiger charge is 2.08. The lowest BCUT2D eigenvalue weighted by atomic mass is 10.8. The van der Waals surface area contributed by atoms with Gasteiger partial charge >= 0.3 is 0 Å². The van der Waals surface area contributed by atoms with Gasteiger partial charge in [-0.2, -0.15) is 0 Å². The molecule has 7 heavy (non-hydrogen) atoms. The standard InChI is InChI=1S/C3H7O2PS/c1-6-4-2-3-5-7-6/h2-3H2,1H3. The maximum absolute atomic E-state index is 5.18. The van der Waals surface area contributed by atoms with Gasteiger partial charge in [0, 0.05) is 11.7 Å². The molecule has 0 spiro atoms. The number of hydrogen-bond donors (Lipinski definition) is 0. The molecule has 0 radical (unpaired) electrons. The first-order chi connectivity index (χ1) is 3.39. The van der Waals surface area contributed by atoms with Crippen LogP contribution in [-0.4, -0.2) is 19.9 Å². The van der Waals surface area contributed by atoms with Crippen molar-refractivity contribution in [1.29, 1.82) is 0 Å². The second-order valence-corrected chi connectivity index (χ2v) is 4.68. The fourth-order valence-corrected chi connectivity index (χ4v) is 2.02. The van der Waals surface area contributed by atoms with Crippen molar-refractivity contribution in [3.63, 3.8) is 0 Å². The Bertz CT molecular complexity index is 54.9. The summed E-state index contributed by atoms with van der Waals surface area (Å²) in [5.41, 5.74) is 0. The molecule has 0 bridgehead atoms. The minimum absolute atomic E-state index is 0.297. The molecule has 0 aromatic rings. The van der Waals surface area contributed by atoms with Gasteiger partial charge in [-0.1, -0.05) is 0 Å². The quantitative estimate of drug-likeness (QED) is 0.374. The zero-order valence-corrected chi connectivity index (χ0v) is 5.80. The Labute approximate surface area is 48.4 Å². The first-order valence-electron chi connectivity index (χ1n) is 2.06. The highest BCUT2D eigenvalue weighted by atomic mass is 32.7. The van der Waals surface area contributed by atoms with Gasteiger partial charge in [0.1, 0.15) is 7.35 Å². The molecule has 0 N–H and O–H groups in total. The molecule has 1 fully saturated rings. The molecule has 1 aliphatic heterocycles. The molecule has 2 nitrogen and oxygen atoms in total. The van der Waals surface area contributed by atoms with Crippen LogP contribution >= 0.6 is 19.0 Å². The van der Waals surface area contributed by atoms with Crippen molar-refractivity contribution in [2.75, 3.05) is 19.9 Å². The smallest absolute Gasteiger partial charge is 0.115 e. The summed E-state index contributed by atoms with van der Waals surface area (Å²) in [7, 11) is -0.297. The van der Waals surface area contributed by atoms with E-state index in [0.717, 1.165) is 13.2 Å². The van der Waals surface area contributed by atoms with Gasteiger partial charge in [-0.15, -0.1) is 0 Å². The van der Waals surface area contributed by atoms with Crippen molar-refractivity contribution in [1.82, 2.24) is 0 Å². The van der Waals surface area contributed by atoms with E-state index in [-0.39, 0.29) is 7.35 Å². The topological polar surface area (TPSA) is 18.5 Å². The van der Waals surface area contributed by atoms with Crippen molar-refractivity contribution < 1.29 is 8.71 Å². The Morgan fingerprint density at radius 3 is 2.71 bits per heavy atom. The molecule has 4 heteroatoms. The minimum atomic E-state index is -0.297. The van der Waals surface area contributed by atoms with E-state index in [1.807, 2.05) is 6.66 Å². The summed E-state index contributed by atoms with van der Waals surface area (Å²) in [5.74, 6) is 0. The van der Waals surface area contributed by atoms with E-state index >= 15 is 0 Å². The van der Waals surface area contributed by atoms with Crippen LogP contribution in [0.1, 0.15) is 0 Å². The fourth-order valence-electron chi connectivity index (χ4n) is 0.333. The Morgan fingerprint density at radius 1 is 1.57 bits per heavy atom. The summed E-state index contributed by atoms with van der Waals surface area (Å²) >= 11 is 1.46. The van der Waals surface area contributed by atoms with Crippen molar-refractivity contribution in [3.8, 4) is 0 Å². The lowest BCUT2D eigenvalue weighted by Gasteiger charge is -2.15. The normalized spacial score (nSPS) is 33.0. The predicted molar refractivity (Wildman–Crippen MR) is 32.3 cm³/mol. The molecule has 1 atom stereocenters. The van der Waals surface area contributed by atoms with E-state index < -0.39 is 0 Å². The summed E-state index contributed by atoms with van der Waals surface area (Å²) in [6, 6.07) is 0. The second-order valence-electron chi connectivity index (χ2n) is 1.17. The summed E-state index contributed by atoms with van der Waals surface area (Å²) in [4.78, 5) is 0. The lowest BCUT2D eigenvalue weighted by molar-refractivity contribution is 0.248. The predicted octanol–water partition coefficient (Wildman–Crippen LogP) is 1.62. The van der Waals surface area contributed by atoms with E-state index in [2.05, 4.69) is 0 Å². The van der Waals surface area contributed by atoms with Crippen molar-refractivity contribution in [2.24, 2.45) is 0 Å². The van der Waals surface area contributed by atoms with Gasteiger partial charge in [-0.25, -0.2) is 0 Å². The summed E-state index contributed by atoms with van der Waals surface area (Å²) in [6.07, 6.45) is 0. The van der Waals surface area contributed by atoms with Gasteiger partial charge in [-0.3, -0.25) is 0 Å². The van der Waals surface area contributed by atoms with E-state index in [4.69, 9.17) is 8.71 Å². The minimum Gasteiger partial charge on any atom is -0.344 e. The molecule has 1 saturated heterocycles. The van der Waals surface area contributed by atoms with Gasteiger partial charge in [0.05, 0.1) is 13.2 Å². The Hall–Kier alpha value is 0.700. The average molecular weight is 138 g/mol. The second kappa shape index (κ2) is 2.88. The van der Waals surface area contributed by atoms with Gasteiger partial charge in [-0.05, 0) is 6.66 Å². The first kappa shape index (κ1) is 5.83. The molecule has 0 amide bonds. The van der Waals surface area contributed by atoms with Crippen LogP contribution in [0, 0.1) is 0 Å². The SMILES string of the molecule is CP1OCCOS1. The largest absolute Gasteiger partial charge is 0.344 e. The number of rotatable bonds is 0. The van der Waals surface area contributed by atoms with Gasteiger partial charge < -0.3 is 8.71 Å². The molecule has 0 aliphatic carbocycles. The van der Waals surface area contributed by atoms with Crippen LogP contribution in [0.3, 0.4) is 0 Å². The van der Waals surface area contributed by atoms with Crippen LogP contribution in [0.4, 0.5) is 0 Å². The van der Waals surface area contributed by atoms with Crippen molar-refractivity contribution in [2.45, 2.75) is 0 Å². The number of hydrogen-bond acceptors (Lipinski definition) is 3. The van der Waals surface area contributed by atoms with Crippen LogP contribution in [0.15, 0.2) is 0 Å². The van der Waals surface area contributed by atoms with Crippen molar-refractivity contribution >= 4 is 19.0 Å². The molecule has 1 aliphatic rings. The lowest BCUT2D eigenvalue weighted by Crippen LogP contribution is -2.00. The Kier molecular flexibility index (Phi) is 2.40. The molecule has 1 rings (SSSR count). The van der Waals surface area contributed by atoms with Gasteiger partial charge in [0.15, 0.2) is 0 Å². The zero-order chi connectivity index (χ0) is 5.11. The highest BCUT2D eigenvalue weighted by Crippen LogP contribution is 2.49. The monoisotopic (exact) mass is 138 g/mol. The molecule has 1 unspecified atom stereocenters. The van der Waals surface area contributed by atoms with Crippen LogP contribution in [0.5, 0.6) is 0 Å². The van der Waals surface area contributed by atoms with Crippen LogP contribution in [0.25, 0.3) is 0 Å². The van der Waals surface area contributed by atoms with E-state index in [1.54, 1.807) is 0 Å². The Balaban J connectivity index is 2.12. The Morgan fingerprint density at radius 2 is 2.43 bits per heavy atom. The highest BCUT2D eigenvalue weighted by molar-refractivity contribution is 8.51. The van der Waals surface area contributed by atoms with Gasteiger partial charge in [0.25, 0.3) is 0 Å². The summed E-state index contributed by atoms with van der Waals surface area (Å²) in [5, 5.41) is 0. The fraction of sp³-hybridized carbons (Fsp3) is 1.00. The van der Waals surface area contributed by atoms with E-state index in [1.165, 1.54) is 11.7 Å². The summed E-state index contributed by atoms with van der Waals surface area (Å²) in [6.45, 7) is 3.56. The molecular formula is C3H7O2PS. The maximum atomic E-state index is 5.18. The molecule has 0 aromatic heterocycles. The molecule has 42 valence electrons. The molecule has 1 heterocycles. The first-order valence-corrected chi connectivity index (χ1v) is 5.11. The van der Waals surface area contributed by atoms with Crippen LogP contribution in [-0.2, 0) is 8.71 Å². The average Bonchev–Trinajstić information content (AvgIpc) is 1.69. The molecule has 0 saturated carbocycles. The molecular weight excluding hydrogens is 131 g/mol. The molecule has 0 aromatic carbocycles. The van der Waals surface area contributed by atoms with E-state index in [9.17, 15) is 0 Å². The maximum Gasteiger partial charge on any atom is 0.115 e. The van der Waals surface area contributed by atoms with E-state index in [0.29, 0.717) is 0 Å². The van der Waals surface area contributed by atoms with Gasteiger partial charge in [0.2, 0.25) is 0 Å². The zero-order valence-electron chi connectivity index (χ0n) is 4.09. The third-order valence-electron chi connectivity index (χ3n) is 0.597. The van der Waals surface area contributed by atoms with Crippen molar-refractivity contribution in [3.05, 3.63) is 0 Å². The van der Waals surface area contributed by atoms with Crippen LogP contribution in [0.2, 0.25) is 0 Å². The third kappa shape index (κ3) is 1.96. The summed E-state index contributed by atoms with van der Waals surface area (Å²) < 4.78 is 10.2.